The van der Waals surface area contributed by atoms with Crippen molar-refractivity contribution in [3.63, 3.8) is 0 Å². The Morgan fingerprint density at radius 2 is 1.93 bits per heavy atom. The third-order valence-electron chi connectivity index (χ3n) is 6.53. The fraction of sp³-hybridized carbons (Fsp3) is 0.652. The van der Waals surface area contributed by atoms with E-state index >= 15 is 0 Å². The molecule has 0 aromatic rings. The molecule has 1 saturated carbocycles. The van der Waals surface area contributed by atoms with Crippen molar-refractivity contribution in [2.45, 2.75) is 65.3 Å². The summed E-state index contributed by atoms with van der Waals surface area (Å²) in [4.78, 5) is 24.6. The van der Waals surface area contributed by atoms with Crippen molar-refractivity contribution in [2.75, 3.05) is 14.2 Å². The summed E-state index contributed by atoms with van der Waals surface area (Å²) in [5.74, 6) is -2.04. The summed E-state index contributed by atoms with van der Waals surface area (Å²) in [7, 11) is 2.90. The molecule has 0 aromatic carbocycles. The highest BCUT2D eigenvalue weighted by atomic mass is 16.7. The van der Waals surface area contributed by atoms with E-state index in [9.17, 15) is 9.59 Å². The standard InChI is InChI=1S/C23H34O5/c1-8-22(5)14-10-13-21(3,4)20(22)18(28-16(2)24)15-17-11-9-12-19(25)23(17,26-6)27-7/h8-9,11-12,18,20H,1,10,13-15H2,2-7H3/t18?,20-,22-/m1/s1. The number of carbonyl (C=O) groups is 2. The summed E-state index contributed by atoms with van der Waals surface area (Å²) < 4.78 is 16.9. The number of esters is 1. The van der Waals surface area contributed by atoms with Gasteiger partial charge in [-0.15, -0.1) is 6.58 Å². The lowest BCUT2D eigenvalue weighted by molar-refractivity contribution is -0.190. The second-order valence-corrected chi connectivity index (χ2v) is 8.82. The number of ketones is 1. The SMILES string of the molecule is C=C[C@]1(C)CCCC(C)(C)[C@H]1C(CC1=CC=CC(=O)C1(OC)OC)OC(C)=O. The first-order valence-corrected chi connectivity index (χ1v) is 9.89. The van der Waals surface area contributed by atoms with Gasteiger partial charge in [0.1, 0.15) is 6.10 Å². The van der Waals surface area contributed by atoms with Crippen LogP contribution in [0.15, 0.2) is 36.5 Å². The van der Waals surface area contributed by atoms with Crippen molar-refractivity contribution >= 4 is 11.8 Å². The van der Waals surface area contributed by atoms with Crippen LogP contribution in [0.1, 0.15) is 53.4 Å². The Morgan fingerprint density at radius 1 is 1.29 bits per heavy atom. The third kappa shape index (κ3) is 4.01. The molecule has 3 atom stereocenters. The number of ether oxygens (including phenoxy) is 3. The van der Waals surface area contributed by atoms with Gasteiger partial charge >= 0.3 is 5.97 Å². The lowest BCUT2D eigenvalue weighted by Crippen LogP contribution is -2.51. The molecule has 5 heteroatoms. The minimum atomic E-state index is -1.48. The zero-order valence-corrected chi connectivity index (χ0v) is 18.0. The average Bonchev–Trinajstić information content (AvgIpc) is 2.61. The molecule has 0 aromatic heterocycles. The van der Waals surface area contributed by atoms with Crippen LogP contribution in [0.3, 0.4) is 0 Å². The van der Waals surface area contributed by atoms with Gasteiger partial charge in [-0.25, -0.2) is 0 Å². The minimum absolute atomic E-state index is 0.0449. The minimum Gasteiger partial charge on any atom is -0.462 e. The molecule has 0 spiro atoms. The van der Waals surface area contributed by atoms with E-state index in [0.717, 1.165) is 19.3 Å². The van der Waals surface area contributed by atoms with Gasteiger partial charge in [-0.05, 0) is 29.7 Å². The molecule has 0 radical (unpaired) electrons. The molecule has 1 fully saturated rings. The number of methoxy groups -OCH3 is 2. The molecule has 2 rings (SSSR count). The number of rotatable bonds is 7. The van der Waals surface area contributed by atoms with Crippen LogP contribution in [0, 0.1) is 16.7 Å². The first kappa shape index (κ1) is 22.6. The van der Waals surface area contributed by atoms with Gasteiger partial charge in [0.25, 0.3) is 5.79 Å². The molecule has 1 unspecified atom stereocenters. The molecule has 0 amide bonds. The van der Waals surface area contributed by atoms with Gasteiger partial charge in [-0.1, -0.05) is 45.4 Å². The van der Waals surface area contributed by atoms with E-state index in [1.54, 1.807) is 6.08 Å². The fourth-order valence-corrected chi connectivity index (χ4v) is 5.32. The summed E-state index contributed by atoms with van der Waals surface area (Å²) in [6, 6.07) is 0. The highest BCUT2D eigenvalue weighted by Crippen LogP contribution is 2.55. The predicted molar refractivity (Wildman–Crippen MR) is 109 cm³/mol. The van der Waals surface area contributed by atoms with Crippen LogP contribution in [0.2, 0.25) is 0 Å². The van der Waals surface area contributed by atoms with Crippen LogP contribution >= 0.6 is 0 Å². The predicted octanol–water partition coefficient (Wildman–Crippen LogP) is 4.38. The highest BCUT2D eigenvalue weighted by molar-refractivity contribution is 6.00. The van der Waals surface area contributed by atoms with Crippen LogP contribution in [0.4, 0.5) is 0 Å². The Balaban J connectivity index is 2.50. The third-order valence-corrected chi connectivity index (χ3v) is 6.53. The zero-order valence-electron chi connectivity index (χ0n) is 18.0. The van der Waals surface area contributed by atoms with E-state index in [2.05, 4.69) is 27.4 Å². The van der Waals surface area contributed by atoms with E-state index in [0.29, 0.717) is 12.0 Å². The van der Waals surface area contributed by atoms with Crippen molar-refractivity contribution in [1.82, 2.24) is 0 Å². The monoisotopic (exact) mass is 390 g/mol. The first-order valence-electron chi connectivity index (χ1n) is 9.89. The summed E-state index contributed by atoms with van der Waals surface area (Å²) in [5.41, 5.74) is 0.419. The molecule has 0 saturated heterocycles. The maximum atomic E-state index is 12.6. The Bertz CT molecular complexity index is 683. The quantitative estimate of drug-likeness (QED) is 0.367. The Labute approximate surface area is 168 Å². The molecular weight excluding hydrogens is 356 g/mol. The van der Waals surface area contributed by atoms with E-state index in [1.807, 2.05) is 12.2 Å². The lowest BCUT2D eigenvalue weighted by Gasteiger charge is -2.52. The molecule has 0 N–H and O–H groups in total. The normalized spacial score (nSPS) is 29.7. The number of allylic oxidation sites excluding steroid dienone is 3. The van der Waals surface area contributed by atoms with Crippen molar-refractivity contribution in [2.24, 2.45) is 16.7 Å². The van der Waals surface area contributed by atoms with E-state index in [1.165, 1.54) is 27.2 Å². The van der Waals surface area contributed by atoms with Crippen molar-refractivity contribution in [3.8, 4) is 0 Å². The van der Waals surface area contributed by atoms with Crippen molar-refractivity contribution < 1.29 is 23.8 Å². The molecule has 0 heterocycles. The van der Waals surface area contributed by atoms with Gasteiger partial charge in [0.2, 0.25) is 5.78 Å². The van der Waals surface area contributed by atoms with E-state index in [4.69, 9.17) is 14.2 Å². The van der Waals surface area contributed by atoms with Crippen LogP contribution in [-0.4, -0.2) is 37.9 Å². The molecule has 28 heavy (non-hydrogen) atoms. The van der Waals surface area contributed by atoms with Crippen LogP contribution in [-0.2, 0) is 23.8 Å². The summed E-state index contributed by atoms with van der Waals surface area (Å²) in [5, 5.41) is 0. The van der Waals surface area contributed by atoms with Crippen molar-refractivity contribution in [1.29, 1.82) is 0 Å². The second kappa shape index (κ2) is 8.34. The number of carbonyl (C=O) groups excluding carboxylic acids is 2. The highest BCUT2D eigenvalue weighted by Gasteiger charge is 2.52. The summed E-state index contributed by atoms with van der Waals surface area (Å²) in [6.45, 7) is 12.1. The topological polar surface area (TPSA) is 61.8 Å². The molecule has 2 aliphatic rings. The van der Waals surface area contributed by atoms with Crippen LogP contribution in [0.25, 0.3) is 0 Å². The molecule has 0 bridgehead atoms. The van der Waals surface area contributed by atoms with Gasteiger partial charge in [0.15, 0.2) is 0 Å². The molecule has 0 aliphatic heterocycles. The van der Waals surface area contributed by atoms with Crippen LogP contribution < -0.4 is 0 Å². The van der Waals surface area contributed by atoms with Crippen molar-refractivity contribution in [3.05, 3.63) is 36.5 Å². The first-order chi connectivity index (χ1) is 13.1. The summed E-state index contributed by atoms with van der Waals surface area (Å²) >= 11 is 0. The largest absolute Gasteiger partial charge is 0.462 e. The Morgan fingerprint density at radius 3 is 2.46 bits per heavy atom. The zero-order chi connectivity index (χ0) is 21.2. The molecule has 2 aliphatic carbocycles. The van der Waals surface area contributed by atoms with Gasteiger partial charge in [-0.2, -0.15) is 0 Å². The van der Waals surface area contributed by atoms with Gasteiger partial charge in [-0.3, -0.25) is 9.59 Å². The number of hydrogen-bond donors (Lipinski definition) is 0. The summed E-state index contributed by atoms with van der Waals surface area (Å²) in [6.07, 6.45) is 10.0. The lowest BCUT2D eigenvalue weighted by atomic mass is 9.54. The van der Waals surface area contributed by atoms with Gasteiger partial charge < -0.3 is 14.2 Å². The smallest absolute Gasteiger partial charge is 0.302 e. The van der Waals surface area contributed by atoms with Gasteiger partial charge in [0, 0.05) is 39.1 Å². The maximum Gasteiger partial charge on any atom is 0.302 e. The molecule has 156 valence electrons. The Hall–Kier alpha value is -1.72. The van der Waals surface area contributed by atoms with E-state index < -0.39 is 11.9 Å². The molecule has 5 nitrogen and oxygen atoms in total. The second-order valence-electron chi connectivity index (χ2n) is 8.82. The van der Waals surface area contributed by atoms with Crippen LogP contribution in [0.5, 0.6) is 0 Å². The molecular formula is C23H34O5. The van der Waals surface area contributed by atoms with E-state index in [-0.39, 0.29) is 28.5 Å². The maximum absolute atomic E-state index is 12.6. The number of hydrogen-bond acceptors (Lipinski definition) is 5. The average molecular weight is 391 g/mol. The fourth-order valence-electron chi connectivity index (χ4n) is 5.32. The Kier molecular flexibility index (Phi) is 6.72. The van der Waals surface area contributed by atoms with Gasteiger partial charge in [0.05, 0.1) is 0 Å².